The molecule has 0 unspecified atom stereocenters. The molecule has 14 heavy (non-hydrogen) atoms. The molecule has 0 fully saturated rings. The average molecular weight is 213 g/mol. The Kier molecular flexibility index (Phi) is 2.49. The van der Waals surface area contributed by atoms with Crippen LogP contribution in [0, 0.1) is 0 Å². The number of aromatic nitrogens is 4. The minimum Gasteiger partial charge on any atom is -0.478 e. The molecule has 2 heterocycles. The number of ether oxygens (including phenoxy) is 1. The van der Waals surface area contributed by atoms with Crippen molar-refractivity contribution in [3.8, 4) is 5.88 Å². The van der Waals surface area contributed by atoms with E-state index in [2.05, 4.69) is 15.1 Å². The fraction of sp³-hybridized carbons (Fsp3) is 0.375. The van der Waals surface area contributed by atoms with E-state index in [0.29, 0.717) is 24.1 Å². The van der Waals surface area contributed by atoms with Crippen LogP contribution in [-0.2, 0) is 5.88 Å². The van der Waals surface area contributed by atoms with Crippen LogP contribution >= 0.6 is 11.6 Å². The van der Waals surface area contributed by atoms with Crippen LogP contribution in [0.15, 0.2) is 12.4 Å². The van der Waals surface area contributed by atoms with Crippen molar-refractivity contribution < 1.29 is 4.74 Å². The van der Waals surface area contributed by atoms with Crippen molar-refractivity contribution in [2.45, 2.75) is 12.8 Å². The van der Waals surface area contributed by atoms with Gasteiger partial charge in [-0.2, -0.15) is 14.6 Å². The number of alkyl halides is 1. The third-order valence-electron chi connectivity index (χ3n) is 1.70. The lowest BCUT2D eigenvalue weighted by Crippen LogP contribution is -2.03. The van der Waals surface area contributed by atoms with Gasteiger partial charge in [-0.05, 0) is 6.92 Å². The molecule has 5 nitrogen and oxygen atoms in total. The number of nitrogens with zero attached hydrogens (tertiary/aromatic N) is 4. The SMILES string of the molecule is CCOc1cc(CCl)nc2ncnn12. The maximum Gasteiger partial charge on any atom is 0.255 e. The first-order valence-electron chi connectivity index (χ1n) is 4.23. The van der Waals surface area contributed by atoms with Crippen molar-refractivity contribution in [3.05, 3.63) is 18.1 Å². The number of rotatable bonds is 3. The van der Waals surface area contributed by atoms with Gasteiger partial charge in [0.1, 0.15) is 6.33 Å². The molecule has 0 spiro atoms. The Morgan fingerprint density at radius 2 is 2.43 bits per heavy atom. The third kappa shape index (κ3) is 1.50. The minimum atomic E-state index is 0.337. The fourth-order valence-electron chi connectivity index (χ4n) is 1.15. The molecule has 0 aliphatic heterocycles. The highest BCUT2D eigenvalue weighted by atomic mass is 35.5. The first kappa shape index (κ1) is 9.21. The van der Waals surface area contributed by atoms with E-state index in [1.54, 1.807) is 10.6 Å². The summed E-state index contributed by atoms with van der Waals surface area (Å²) in [6, 6.07) is 1.76. The van der Waals surface area contributed by atoms with E-state index >= 15 is 0 Å². The molecule has 0 bridgehead atoms. The van der Waals surface area contributed by atoms with Gasteiger partial charge in [-0.1, -0.05) is 0 Å². The van der Waals surface area contributed by atoms with Gasteiger partial charge in [-0.25, -0.2) is 4.98 Å². The molecule has 2 aromatic rings. The molecule has 0 amide bonds. The highest BCUT2D eigenvalue weighted by Gasteiger charge is 2.06. The Morgan fingerprint density at radius 3 is 3.14 bits per heavy atom. The van der Waals surface area contributed by atoms with Gasteiger partial charge < -0.3 is 4.74 Å². The summed E-state index contributed by atoms with van der Waals surface area (Å²) in [5, 5.41) is 3.99. The monoisotopic (exact) mass is 212 g/mol. The summed E-state index contributed by atoms with van der Waals surface area (Å²) in [5.74, 6) is 1.46. The summed E-state index contributed by atoms with van der Waals surface area (Å²) in [6.07, 6.45) is 1.43. The fourth-order valence-corrected chi connectivity index (χ4v) is 1.29. The lowest BCUT2D eigenvalue weighted by molar-refractivity contribution is 0.317. The summed E-state index contributed by atoms with van der Waals surface area (Å²) in [4.78, 5) is 8.15. The third-order valence-corrected chi connectivity index (χ3v) is 1.98. The van der Waals surface area contributed by atoms with Crippen molar-refractivity contribution in [1.29, 1.82) is 0 Å². The Balaban J connectivity index is 2.58. The molecule has 0 saturated carbocycles. The number of hydrogen-bond acceptors (Lipinski definition) is 4. The smallest absolute Gasteiger partial charge is 0.255 e. The Bertz CT molecular complexity index is 442. The van der Waals surface area contributed by atoms with Crippen LogP contribution in [0.25, 0.3) is 5.78 Å². The molecule has 2 aromatic heterocycles. The molecule has 0 aromatic carbocycles. The average Bonchev–Trinajstić information content (AvgIpc) is 2.66. The van der Waals surface area contributed by atoms with E-state index in [1.165, 1.54) is 6.33 Å². The molecule has 0 aliphatic carbocycles. The van der Waals surface area contributed by atoms with Gasteiger partial charge in [0.2, 0.25) is 5.88 Å². The minimum absolute atomic E-state index is 0.337. The summed E-state index contributed by atoms with van der Waals surface area (Å²) >= 11 is 5.69. The van der Waals surface area contributed by atoms with Crippen molar-refractivity contribution in [2.24, 2.45) is 0 Å². The van der Waals surface area contributed by atoms with Crippen molar-refractivity contribution in [1.82, 2.24) is 19.6 Å². The van der Waals surface area contributed by atoms with Gasteiger partial charge >= 0.3 is 0 Å². The van der Waals surface area contributed by atoms with Gasteiger partial charge in [-0.3, -0.25) is 0 Å². The lowest BCUT2D eigenvalue weighted by Gasteiger charge is -2.05. The molecule has 74 valence electrons. The molecule has 6 heteroatoms. The molecule has 0 saturated heterocycles. The molecular formula is C8H9ClN4O. The first-order valence-corrected chi connectivity index (χ1v) is 4.77. The maximum absolute atomic E-state index is 5.69. The molecule has 0 radical (unpaired) electrons. The van der Waals surface area contributed by atoms with Crippen molar-refractivity contribution in [3.63, 3.8) is 0 Å². The zero-order chi connectivity index (χ0) is 9.97. The Labute approximate surface area is 85.7 Å². The number of fused-ring (bicyclic) bond motifs is 1. The van der Waals surface area contributed by atoms with Gasteiger partial charge in [0.05, 0.1) is 18.2 Å². The second-order valence-electron chi connectivity index (χ2n) is 2.62. The van der Waals surface area contributed by atoms with Crippen LogP contribution in [-0.4, -0.2) is 26.2 Å². The predicted molar refractivity (Wildman–Crippen MR) is 51.5 cm³/mol. The number of hydrogen-bond donors (Lipinski definition) is 0. The van der Waals surface area contributed by atoms with Gasteiger partial charge in [0.25, 0.3) is 5.78 Å². The van der Waals surface area contributed by atoms with Gasteiger partial charge in [0.15, 0.2) is 0 Å². The normalized spacial score (nSPS) is 10.7. The molecular weight excluding hydrogens is 204 g/mol. The first-order chi connectivity index (χ1) is 6.85. The predicted octanol–water partition coefficient (Wildman–Crippen LogP) is 1.26. The van der Waals surface area contributed by atoms with Crippen LogP contribution in [0.3, 0.4) is 0 Å². The van der Waals surface area contributed by atoms with Gasteiger partial charge in [-0.15, -0.1) is 11.6 Å². The Hall–Kier alpha value is -1.36. The lowest BCUT2D eigenvalue weighted by atomic mass is 10.4. The standard InChI is InChI=1S/C8H9ClN4O/c1-2-14-7-3-6(4-9)12-8-10-5-11-13(7)8/h3,5H,2,4H2,1H3. The molecule has 2 rings (SSSR count). The van der Waals surface area contributed by atoms with E-state index < -0.39 is 0 Å². The van der Waals surface area contributed by atoms with E-state index in [9.17, 15) is 0 Å². The van der Waals surface area contributed by atoms with E-state index in [4.69, 9.17) is 16.3 Å². The maximum atomic E-state index is 5.69. The summed E-state index contributed by atoms with van der Waals surface area (Å²) in [5.41, 5.74) is 0.732. The van der Waals surface area contributed by atoms with Crippen molar-refractivity contribution >= 4 is 17.4 Å². The topological polar surface area (TPSA) is 52.3 Å². The molecule has 0 atom stereocenters. The van der Waals surface area contributed by atoms with E-state index in [-0.39, 0.29) is 0 Å². The van der Waals surface area contributed by atoms with Crippen LogP contribution in [0.2, 0.25) is 0 Å². The van der Waals surface area contributed by atoms with E-state index in [0.717, 1.165) is 5.69 Å². The zero-order valence-corrected chi connectivity index (χ0v) is 8.40. The quantitative estimate of drug-likeness (QED) is 0.719. The Morgan fingerprint density at radius 1 is 1.57 bits per heavy atom. The summed E-state index contributed by atoms with van der Waals surface area (Å²) < 4.78 is 6.92. The van der Waals surface area contributed by atoms with Gasteiger partial charge in [0, 0.05) is 6.07 Å². The second-order valence-corrected chi connectivity index (χ2v) is 2.89. The zero-order valence-electron chi connectivity index (χ0n) is 7.64. The number of halogens is 1. The van der Waals surface area contributed by atoms with Crippen LogP contribution in [0.5, 0.6) is 5.88 Å². The highest BCUT2D eigenvalue weighted by molar-refractivity contribution is 6.16. The molecule has 0 N–H and O–H groups in total. The van der Waals surface area contributed by atoms with E-state index in [1.807, 2.05) is 6.92 Å². The second kappa shape index (κ2) is 3.79. The largest absolute Gasteiger partial charge is 0.478 e. The van der Waals surface area contributed by atoms with Crippen LogP contribution in [0.4, 0.5) is 0 Å². The summed E-state index contributed by atoms with van der Waals surface area (Å²) in [6.45, 7) is 2.48. The highest BCUT2D eigenvalue weighted by Crippen LogP contribution is 2.14. The van der Waals surface area contributed by atoms with Crippen LogP contribution in [0.1, 0.15) is 12.6 Å². The summed E-state index contributed by atoms with van der Waals surface area (Å²) in [7, 11) is 0. The van der Waals surface area contributed by atoms with Crippen LogP contribution < -0.4 is 4.74 Å². The molecule has 0 aliphatic rings. The van der Waals surface area contributed by atoms with Crippen molar-refractivity contribution in [2.75, 3.05) is 6.61 Å².